The first-order valence-electron chi connectivity index (χ1n) is 2.23. The first kappa shape index (κ1) is 4.37. The van der Waals surface area contributed by atoms with Gasteiger partial charge in [0.25, 0.3) is 0 Å². The van der Waals surface area contributed by atoms with E-state index in [1.807, 2.05) is 6.92 Å². The molecule has 37 valence electrons. The minimum atomic E-state index is 0.819. The summed E-state index contributed by atoms with van der Waals surface area (Å²) in [5.74, 6) is 0.819. The Hall–Kier alpha value is -0.790. The zero-order valence-corrected chi connectivity index (χ0v) is 4.14. The quantitative estimate of drug-likeness (QED) is 0.522. The summed E-state index contributed by atoms with van der Waals surface area (Å²) in [5.41, 5.74) is 0. The highest BCUT2D eigenvalue weighted by Gasteiger charge is 1.87. The van der Waals surface area contributed by atoms with E-state index in [0.29, 0.717) is 0 Å². The summed E-state index contributed by atoms with van der Waals surface area (Å²) in [6.07, 6.45) is 4.93. The average molecular weight is 96.1 g/mol. The van der Waals surface area contributed by atoms with Crippen molar-refractivity contribution in [3.8, 4) is 0 Å². The van der Waals surface area contributed by atoms with E-state index in [0.717, 1.165) is 12.2 Å². The van der Waals surface area contributed by atoms with Crippen LogP contribution >= 0.6 is 0 Å². The van der Waals surface area contributed by atoms with Gasteiger partial charge in [-0.05, 0) is 0 Å². The molecule has 0 aliphatic heterocycles. The molecular weight excluding hydrogens is 90.1 g/mol. The minimum absolute atomic E-state index is 0.819. The zero-order valence-electron chi connectivity index (χ0n) is 4.14. The molecule has 0 aliphatic rings. The van der Waals surface area contributed by atoms with Crippen LogP contribution in [0.5, 0.6) is 0 Å². The van der Waals surface area contributed by atoms with Gasteiger partial charge in [-0.1, -0.05) is 6.92 Å². The van der Waals surface area contributed by atoms with Crippen LogP contribution in [0.15, 0.2) is 10.8 Å². The Morgan fingerprint density at radius 2 is 2.86 bits per heavy atom. The molecule has 1 radical (unpaired) electrons. The van der Waals surface area contributed by atoms with Crippen molar-refractivity contribution in [1.82, 2.24) is 4.98 Å². The summed E-state index contributed by atoms with van der Waals surface area (Å²) in [5, 5.41) is 0. The lowest BCUT2D eigenvalue weighted by atomic mass is 10.4. The Bertz CT molecular complexity index is 123. The van der Waals surface area contributed by atoms with Crippen LogP contribution in [0.3, 0.4) is 0 Å². The van der Waals surface area contributed by atoms with E-state index in [1.54, 1.807) is 0 Å². The molecule has 0 atom stereocenters. The van der Waals surface area contributed by atoms with Gasteiger partial charge in [0.15, 0.2) is 6.39 Å². The molecule has 0 bridgehead atoms. The maximum Gasteiger partial charge on any atom is 0.181 e. The molecule has 1 heterocycles. The fourth-order valence-corrected chi connectivity index (χ4v) is 0.377. The normalized spacial score (nSPS) is 9.29. The summed E-state index contributed by atoms with van der Waals surface area (Å²) in [4.78, 5) is 3.60. The van der Waals surface area contributed by atoms with Gasteiger partial charge < -0.3 is 4.42 Å². The fourth-order valence-electron chi connectivity index (χ4n) is 0.377. The third kappa shape index (κ3) is 0.796. The van der Waals surface area contributed by atoms with Gasteiger partial charge in [-0.3, -0.25) is 0 Å². The maximum absolute atomic E-state index is 4.82. The van der Waals surface area contributed by atoms with Gasteiger partial charge in [-0.25, -0.2) is 4.98 Å². The predicted molar refractivity (Wildman–Crippen MR) is 24.7 cm³/mol. The van der Waals surface area contributed by atoms with Crippen molar-refractivity contribution in [3.63, 3.8) is 0 Å². The Labute approximate surface area is 42.2 Å². The van der Waals surface area contributed by atoms with Gasteiger partial charge >= 0.3 is 0 Å². The highest BCUT2D eigenvalue weighted by atomic mass is 16.3. The molecule has 1 aromatic heterocycles. The molecule has 0 fully saturated rings. The van der Waals surface area contributed by atoms with E-state index >= 15 is 0 Å². The molecule has 7 heavy (non-hydrogen) atoms. The molecule has 1 rings (SSSR count). The summed E-state index contributed by atoms with van der Waals surface area (Å²) in [6, 6.07) is 0. The number of nitrogens with zero attached hydrogens (tertiary/aromatic N) is 1. The summed E-state index contributed by atoms with van der Waals surface area (Å²) in [7, 11) is 0. The summed E-state index contributed by atoms with van der Waals surface area (Å²) >= 11 is 0. The number of rotatable bonds is 1. The molecule has 0 amide bonds. The second kappa shape index (κ2) is 1.78. The first-order valence-corrected chi connectivity index (χ1v) is 2.23. The molecule has 0 N–H and O–H groups in total. The lowest BCUT2D eigenvalue weighted by Crippen LogP contribution is -1.68. The van der Waals surface area contributed by atoms with Gasteiger partial charge in [0.05, 0.1) is 0 Å². The van der Waals surface area contributed by atoms with Crippen molar-refractivity contribution in [2.45, 2.75) is 13.3 Å². The van der Waals surface area contributed by atoms with Gasteiger partial charge in [-0.15, -0.1) is 0 Å². The molecule has 0 spiro atoms. The Morgan fingerprint density at radius 1 is 2.00 bits per heavy atom. The van der Waals surface area contributed by atoms with Crippen LogP contribution in [0.25, 0.3) is 0 Å². The molecule has 1 aromatic rings. The number of aryl methyl sites for hydroxylation is 1. The highest BCUT2D eigenvalue weighted by molar-refractivity contribution is 4.83. The lowest BCUT2D eigenvalue weighted by Gasteiger charge is -1.76. The van der Waals surface area contributed by atoms with Crippen LogP contribution in [0.1, 0.15) is 12.7 Å². The van der Waals surface area contributed by atoms with E-state index in [9.17, 15) is 0 Å². The second-order valence-electron chi connectivity index (χ2n) is 1.24. The van der Waals surface area contributed by atoms with Crippen molar-refractivity contribution in [3.05, 3.63) is 18.4 Å². The predicted octanol–water partition coefficient (Wildman–Crippen LogP) is 1.04. The molecular formula is C5H6NO. The number of hydrogen-bond acceptors (Lipinski definition) is 2. The first-order chi connectivity index (χ1) is 3.43. The van der Waals surface area contributed by atoms with Crippen molar-refractivity contribution in [2.24, 2.45) is 0 Å². The van der Waals surface area contributed by atoms with E-state index in [1.165, 1.54) is 6.39 Å². The van der Waals surface area contributed by atoms with Crippen LogP contribution in [0.4, 0.5) is 0 Å². The van der Waals surface area contributed by atoms with Crippen LogP contribution in [0.2, 0.25) is 0 Å². The molecule has 0 saturated heterocycles. The van der Waals surface area contributed by atoms with Gasteiger partial charge in [0.2, 0.25) is 0 Å². The minimum Gasteiger partial charge on any atom is -0.448 e. The Morgan fingerprint density at radius 3 is 3.14 bits per heavy atom. The van der Waals surface area contributed by atoms with Gasteiger partial charge in [-0.2, -0.15) is 0 Å². The molecule has 0 saturated carbocycles. The molecule has 2 nitrogen and oxygen atoms in total. The van der Waals surface area contributed by atoms with Crippen LogP contribution in [-0.2, 0) is 6.42 Å². The van der Waals surface area contributed by atoms with E-state index in [-0.39, 0.29) is 0 Å². The third-order valence-electron chi connectivity index (χ3n) is 0.758. The highest BCUT2D eigenvalue weighted by Crippen LogP contribution is 1.93. The molecule has 0 unspecified atom stereocenters. The van der Waals surface area contributed by atoms with E-state index in [2.05, 4.69) is 11.2 Å². The maximum atomic E-state index is 4.82. The third-order valence-corrected chi connectivity index (χ3v) is 0.758. The number of aromatic nitrogens is 1. The zero-order chi connectivity index (χ0) is 5.11. The second-order valence-corrected chi connectivity index (χ2v) is 1.24. The topological polar surface area (TPSA) is 26.0 Å². The van der Waals surface area contributed by atoms with Crippen LogP contribution < -0.4 is 0 Å². The van der Waals surface area contributed by atoms with Crippen molar-refractivity contribution >= 4 is 0 Å². The Kier molecular flexibility index (Phi) is 1.11. The SMILES string of the molecule is CCc1[c]nco1. The van der Waals surface area contributed by atoms with Gasteiger partial charge in [0, 0.05) is 6.42 Å². The smallest absolute Gasteiger partial charge is 0.181 e. The molecule has 0 aliphatic carbocycles. The largest absolute Gasteiger partial charge is 0.448 e. The fraction of sp³-hybridized carbons (Fsp3) is 0.400. The lowest BCUT2D eigenvalue weighted by molar-refractivity contribution is 0.509. The summed E-state index contributed by atoms with van der Waals surface area (Å²) in [6.45, 7) is 2.00. The van der Waals surface area contributed by atoms with Gasteiger partial charge in [0.1, 0.15) is 12.0 Å². The van der Waals surface area contributed by atoms with Crippen molar-refractivity contribution < 1.29 is 4.42 Å². The van der Waals surface area contributed by atoms with E-state index in [4.69, 9.17) is 4.42 Å². The number of hydrogen-bond donors (Lipinski definition) is 0. The van der Waals surface area contributed by atoms with E-state index < -0.39 is 0 Å². The Balaban J connectivity index is 2.76. The number of oxazole rings is 1. The van der Waals surface area contributed by atoms with Crippen LogP contribution in [-0.4, -0.2) is 4.98 Å². The molecule has 0 aromatic carbocycles. The van der Waals surface area contributed by atoms with Crippen LogP contribution in [0, 0.1) is 6.20 Å². The average Bonchev–Trinajstić information content (AvgIpc) is 2.14. The standard InChI is InChI=1S/C5H6NO/c1-2-5-3-6-4-7-5/h4H,2H2,1H3. The van der Waals surface area contributed by atoms with Crippen molar-refractivity contribution in [1.29, 1.82) is 0 Å². The monoisotopic (exact) mass is 96.0 g/mol. The van der Waals surface area contributed by atoms with Crippen molar-refractivity contribution in [2.75, 3.05) is 0 Å². The summed E-state index contributed by atoms with van der Waals surface area (Å²) < 4.78 is 4.82. The molecule has 2 heteroatoms.